The van der Waals surface area contributed by atoms with Crippen LogP contribution in [0.15, 0.2) is 78.9 Å². The van der Waals surface area contributed by atoms with E-state index in [1.807, 2.05) is 24.3 Å². The fraction of sp³-hybridized carbons (Fsp3) is 0.371. The van der Waals surface area contributed by atoms with Gasteiger partial charge in [0.05, 0.1) is 12.2 Å². The van der Waals surface area contributed by atoms with Crippen molar-refractivity contribution in [3.8, 4) is 11.5 Å². The molecule has 5 nitrogen and oxygen atoms in total. The molecule has 0 saturated heterocycles. The van der Waals surface area contributed by atoms with Crippen LogP contribution in [0.5, 0.6) is 11.5 Å². The average molecular weight is 577 g/mol. The Kier molecular flexibility index (Phi) is 14.6. The number of ether oxygens (including phenoxy) is 3. The molecule has 0 aliphatic carbocycles. The number of esters is 2. The van der Waals surface area contributed by atoms with Crippen LogP contribution in [-0.4, -0.2) is 18.5 Å². The lowest BCUT2D eigenvalue weighted by Crippen LogP contribution is -2.06. The summed E-state index contributed by atoms with van der Waals surface area (Å²) in [6, 6.07) is 21.0. The molecule has 0 fully saturated rings. The highest BCUT2D eigenvalue weighted by Gasteiger charge is 2.09. The maximum absolute atomic E-state index is 12.3. The molecule has 0 atom stereocenters. The highest BCUT2D eigenvalue weighted by Crippen LogP contribution is 2.17. The number of carbonyl (C=O) groups is 2. The highest BCUT2D eigenvalue weighted by molar-refractivity contribution is 6.30. The number of carbonyl (C=O) groups excluding carboxylic acids is 2. The standard InChI is InChI=1S/C35H41ClO5/c1-2-3-4-5-6-7-8-9-10-11-26-39-32-21-14-28(15-22-32)16-25-34(37)41-33-23-17-30(18-24-33)35(38)40-27-29-12-19-31(36)20-13-29/h12-25H,2-11,26-27H2,1H3/b25-16+. The molecule has 0 aliphatic heterocycles. The summed E-state index contributed by atoms with van der Waals surface area (Å²) in [5.74, 6) is 0.190. The Labute approximate surface area is 249 Å². The molecule has 0 saturated carbocycles. The molecule has 0 N–H and O–H groups in total. The van der Waals surface area contributed by atoms with E-state index in [0.29, 0.717) is 16.3 Å². The molecule has 3 aromatic rings. The first kappa shape index (κ1) is 32.0. The van der Waals surface area contributed by atoms with Gasteiger partial charge < -0.3 is 14.2 Å². The molecular weight excluding hydrogens is 536 g/mol. The molecule has 0 unspecified atom stereocenters. The molecule has 3 aromatic carbocycles. The van der Waals surface area contributed by atoms with E-state index in [-0.39, 0.29) is 6.61 Å². The Morgan fingerprint density at radius 2 is 1.29 bits per heavy atom. The summed E-state index contributed by atoms with van der Waals surface area (Å²) in [6.45, 7) is 3.12. The topological polar surface area (TPSA) is 61.8 Å². The number of benzene rings is 3. The van der Waals surface area contributed by atoms with Crippen molar-refractivity contribution in [2.45, 2.75) is 77.7 Å². The van der Waals surface area contributed by atoms with Crippen LogP contribution in [0.4, 0.5) is 0 Å². The molecule has 218 valence electrons. The van der Waals surface area contributed by atoms with E-state index in [4.69, 9.17) is 25.8 Å². The van der Waals surface area contributed by atoms with E-state index in [0.717, 1.165) is 29.9 Å². The van der Waals surface area contributed by atoms with Crippen LogP contribution in [0.3, 0.4) is 0 Å². The molecule has 0 amide bonds. The zero-order valence-corrected chi connectivity index (χ0v) is 24.7. The fourth-order valence-corrected chi connectivity index (χ4v) is 4.37. The lowest BCUT2D eigenvalue weighted by atomic mass is 10.1. The minimum absolute atomic E-state index is 0.143. The third-order valence-corrected chi connectivity index (χ3v) is 6.90. The molecule has 0 radical (unpaired) electrons. The van der Waals surface area contributed by atoms with Gasteiger partial charge in [0.15, 0.2) is 0 Å². The van der Waals surface area contributed by atoms with Gasteiger partial charge in [0.1, 0.15) is 18.1 Å². The van der Waals surface area contributed by atoms with Crippen molar-refractivity contribution in [3.63, 3.8) is 0 Å². The second-order valence-corrected chi connectivity index (χ2v) is 10.5. The van der Waals surface area contributed by atoms with Gasteiger partial charge in [0.2, 0.25) is 0 Å². The predicted molar refractivity (Wildman–Crippen MR) is 165 cm³/mol. The maximum atomic E-state index is 12.3. The number of rotatable bonds is 18. The van der Waals surface area contributed by atoms with Crippen LogP contribution in [0.2, 0.25) is 5.02 Å². The first-order valence-electron chi connectivity index (χ1n) is 14.7. The quantitative estimate of drug-likeness (QED) is 0.0652. The van der Waals surface area contributed by atoms with Crippen LogP contribution < -0.4 is 9.47 Å². The number of hydrogen-bond donors (Lipinski definition) is 0. The Morgan fingerprint density at radius 1 is 0.707 bits per heavy atom. The number of halogens is 1. The van der Waals surface area contributed by atoms with E-state index in [1.165, 1.54) is 63.9 Å². The third kappa shape index (κ3) is 13.1. The molecule has 3 rings (SSSR count). The summed E-state index contributed by atoms with van der Waals surface area (Å²) in [4.78, 5) is 24.5. The largest absolute Gasteiger partial charge is 0.494 e. The molecule has 0 aromatic heterocycles. The van der Waals surface area contributed by atoms with Crippen molar-refractivity contribution in [1.29, 1.82) is 0 Å². The molecule has 0 bridgehead atoms. The zero-order valence-electron chi connectivity index (χ0n) is 24.0. The number of unbranched alkanes of at least 4 members (excludes halogenated alkanes) is 9. The molecule has 6 heteroatoms. The molecule has 0 aliphatic rings. The van der Waals surface area contributed by atoms with Gasteiger partial charge in [-0.1, -0.05) is 101 Å². The van der Waals surface area contributed by atoms with Gasteiger partial charge in [-0.25, -0.2) is 9.59 Å². The minimum atomic E-state index is -0.510. The summed E-state index contributed by atoms with van der Waals surface area (Å²) < 4.78 is 16.5. The lowest BCUT2D eigenvalue weighted by molar-refractivity contribution is -0.128. The van der Waals surface area contributed by atoms with Crippen molar-refractivity contribution in [1.82, 2.24) is 0 Å². The second-order valence-electron chi connectivity index (χ2n) is 10.1. The van der Waals surface area contributed by atoms with Crippen LogP contribution >= 0.6 is 11.6 Å². The highest BCUT2D eigenvalue weighted by atomic mass is 35.5. The van der Waals surface area contributed by atoms with Gasteiger partial charge in [-0.3, -0.25) is 0 Å². The van der Waals surface area contributed by atoms with Crippen LogP contribution in [0.25, 0.3) is 6.08 Å². The summed E-state index contributed by atoms with van der Waals surface area (Å²) in [5.41, 5.74) is 2.07. The summed E-state index contributed by atoms with van der Waals surface area (Å²) in [7, 11) is 0. The Hall–Kier alpha value is -3.57. The van der Waals surface area contributed by atoms with Crippen molar-refractivity contribution in [2.75, 3.05) is 6.61 Å². The van der Waals surface area contributed by atoms with Crippen molar-refractivity contribution >= 4 is 29.6 Å². The van der Waals surface area contributed by atoms with Crippen molar-refractivity contribution in [3.05, 3.63) is 101 Å². The van der Waals surface area contributed by atoms with Gasteiger partial charge in [0, 0.05) is 11.1 Å². The first-order valence-corrected chi connectivity index (χ1v) is 15.1. The Morgan fingerprint density at radius 3 is 1.93 bits per heavy atom. The lowest BCUT2D eigenvalue weighted by Gasteiger charge is -2.07. The van der Waals surface area contributed by atoms with Gasteiger partial charge in [-0.05, 0) is 72.2 Å². The smallest absolute Gasteiger partial charge is 0.338 e. The molecule has 41 heavy (non-hydrogen) atoms. The van der Waals surface area contributed by atoms with Crippen LogP contribution in [0, 0.1) is 0 Å². The van der Waals surface area contributed by atoms with Crippen LogP contribution in [-0.2, 0) is 16.1 Å². The minimum Gasteiger partial charge on any atom is -0.494 e. The van der Waals surface area contributed by atoms with Gasteiger partial charge in [0.25, 0.3) is 0 Å². The van der Waals surface area contributed by atoms with E-state index in [2.05, 4.69) is 6.92 Å². The molecular formula is C35H41ClO5. The van der Waals surface area contributed by atoms with Gasteiger partial charge >= 0.3 is 11.9 Å². The SMILES string of the molecule is CCCCCCCCCCCCOc1ccc(/C=C/C(=O)Oc2ccc(C(=O)OCc3ccc(Cl)cc3)cc2)cc1. The fourth-order valence-electron chi connectivity index (χ4n) is 4.24. The summed E-state index contributed by atoms with van der Waals surface area (Å²) >= 11 is 5.87. The second kappa shape index (κ2) is 18.7. The first-order chi connectivity index (χ1) is 20.0. The third-order valence-electron chi connectivity index (χ3n) is 6.65. The van der Waals surface area contributed by atoms with E-state index in [1.54, 1.807) is 54.6 Å². The maximum Gasteiger partial charge on any atom is 0.338 e. The van der Waals surface area contributed by atoms with Crippen LogP contribution in [0.1, 0.15) is 92.6 Å². The Balaban J connectivity index is 1.30. The van der Waals surface area contributed by atoms with E-state index < -0.39 is 11.9 Å². The summed E-state index contributed by atoms with van der Waals surface area (Å²) in [5, 5.41) is 0.623. The average Bonchev–Trinajstić information content (AvgIpc) is 2.99. The Bertz CT molecular complexity index is 1200. The summed E-state index contributed by atoms with van der Waals surface area (Å²) in [6.07, 6.45) is 16.1. The zero-order chi connectivity index (χ0) is 29.1. The van der Waals surface area contributed by atoms with Crippen molar-refractivity contribution in [2.24, 2.45) is 0 Å². The molecule has 0 heterocycles. The number of hydrogen-bond acceptors (Lipinski definition) is 5. The van der Waals surface area contributed by atoms with Gasteiger partial charge in [-0.2, -0.15) is 0 Å². The van der Waals surface area contributed by atoms with E-state index in [9.17, 15) is 9.59 Å². The predicted octanol–water partition coefficient (Wildman–Crippen LogP) is 9.62. The van der Waals surface area contributed by atoms with Crippen molar-refractivity contribution < 1.29 is 23.8 Å². The monoisotopic (exact) mass is 576 g/mol. The molecule has 0 spiro atoms. The van der Waals surface area contributed by atoms with E-state index >= 15 is 0 Å². The van der Waals surface area contributed by atoms with Gasteiger partial charge in [-0.15, -0.1) is 0 Å². The normalized spacial score (nSPS) is 11.0.